The van der Waals surface area contributed by atoms with Crippen LogP contribution in [0.1, 0.15) is 45.2 Å². The van der Waals surface area contributed by atoms with Crippen LogP contribution in [0.4, 0.5) is 5.82 Å². The molecule has 0 bridgehead atoms. The SMILES string of the molecule is Cc1nc(N2CCOCC2)ccc1S(=O)(=O)N1Cc2cc3c(cc2CC1C(=O)N[C@@H](Cc1ccc(-c2ccc(C#N)cc2)cc1)C(=O)O)OC[C@H](c1ccc(OCc2ccc(Cl)c(Cl)c2)cc1)O3. The second-order valence-corrected chi connectivity index (χ2v) is 19.4. The molecule has 5 aromatic carbocycles. The molecule has 3 aliphatic rings. The lowest BCUT2D eigenvalue weighted by Gasteiger charge is -2.37. The van der Waals surface area contributed by atoms with Crippen molar-refractivity contribution < 1.29 is 42.1 Å². The molecule has 68 heavy (non-hydrogen) atoms. The van der Waals surface area contributed by atoms with Gasteiger partial charge in [-0.1, -0.05) is 77.8 Å². The van der Waals surface area contributed by atoms with Crippen molar-refractivity contribution in [1.29, 1.82) is 5.26 Å². The molecule has 1 unspecified atom stereocenters. The first kappa shape index (κ1) is 46.4. The number of halogens is 2. The zero-order valence-corrected chi connectivity index (χ0v) is 39.1. The van der Waals surface area contributed by atoms with E-state index in [0.29, 0.717) is 88.3 Å². The third-order valence-corrected chi connectivity index (χ3v) is 15.0. The Labute approximate surface area is 403 Å². The molecule has 1 fully saturated rings. The van der Waals surface area contributed by atoms with Gasteiger partial charge in [-0.05, 0) is 113 Å². The van der Waals surface area contributed by atoms with E-state index in [4.69, 9.17) is 47.4 Å². The maximum atomic E-state index is 14.9. The number of amides is 1. The molecule has 4 heterocycles. The minimum atomic E-state index is -4.43. The monoisotopic (exact) mass is 973 g/mol. The van der Waals surface area contributed by atoms with Gasteiger partial charge in [0.05, 0.1) is 40.6 Å². The second kappa shape index (κ2) is 19.9. The molecule has 2 N–H and O–H groups in total. The van der Waals surface area contributed by atoms with Crippen LogP contribution in [0.15, 0.2) is 120 Å². The second-order valence-electron chi connectivity index (χ2n) is 16.7. The average Bonchev–Trinajstić information content (AvgIpc) is 3.35. The summed E-state index contributed by atoms with van der Waals surface area (Å²) >= 11 is 12.2. The molecule has 17 heteroatoms. The average molecular weight is 975 g/mol. The number of aryl methyl sites for hydroxylation is 1. The summed E-state index contributed by atoms with van der Waals surface area (Å²) in [5.74, 6) is 0.0412. The predicted molar refractivity (Wildman–Crippen MR) is 255 cm³/mol. The number of carbonyl (C=O) groups excluding carboxylic acids is 1. The number of benzene rings is 5. The first-order valence-corrected chi connectivity index (χ1v) is 24.1. The van der Waals surface area contributed by atoms with Crippen molar-refractivity contribution in [3.05, 3.63) is 164 Å². The number of hydrogen-bond donors (Lipinski definition) is 2. The van der Waals surface area contributed by atoms with Crippen LogP contribution in [0.2, 0.25) is 10.0 Å². The molecule has 1 aromatic heterocycles. The van der Waals surface area contributed by atoms with E-state index < -0.39 is 40.1 Å². The zero-order chi connectivity index (χ0) is 47.5. The number of pyridine rings is 1. The van der Waals surface area contributed by atoms with Crippen LogP contribution < -0.4 is 24.4 Å². The van der Waals surface area contributed by atoms with Crippen molar-refractivity contribution in [2.75, 3.05) is 37.8 Å². The summed E-state index contributed by atoms with van der Waals surface area (Å²) in [6.45, 7) is 4.12. The van der Waals surface area contributed by atoms with Crippen LogP contribution in [-0.2, 0) is 50.3 Å². The molecule has 0 radical (unpaired) electrons. The molecular formula is C51H45Cl2N5O9S. The highest BCUT2D eigenvalue weighted by atomic mass is 35.5. The van der Waals surface area contributed by atoms with Crippen molar-refractivity contribution in [3.63, 3.8) is 0 Å². The van der Waals surface area contributed by atoms with Gasteiger partial charge in [-0.3, -0.25) is 4.79 Å². The molecule has 0 aliphatic carbocycles. The van der Waals surface area contributed by atoms with Crippen LogP contribution in [0.25, 0.3) is 11.1 Å². The molecule has 9 rings (SSSR count). The van der Waals surface area contributed by atoms with E-state index >= 15 is 0 Å². The Morgan fingerprint density at radius 1 is 0.882 bits per heavy atom. The van der Waals surface area contributed by atoms with E-state index in [-0.39, 0.29) is 36.6 Å². The molecule has 3 aliphatic heterocycles. The largest absolute Gasteiger partial charge is 0.489 e. The predicted octanol–water partition coefficient (Wildman–Crippen LogP) is 8.09. The lowest BCUT2D eigenvalue weighted by atomic mass is 9.93. The Morgan fingerprint density at radius 2 is 1.57 bits per heavy atom. The van der Waals surface area contributed by atoms with Gasteiger partial charge in [-0.25, -0.2) is 18.2 Å². The Kier molecular flexibility index (Phi) is 13.6. The third kappa shape index (κ3) is 10.1. The number of nitriles is 1. The van der Waals surface area contributed by atoms with Gasteiger partial charge in [0.15, 0.2) is 17.6 Å². The summed E-state index contributed by atoms with van der Waals surface area (Å²) in [6, 6.07) is 33.1. The van der Waals surface area contributed by atoms with Crippen LogP contribution in [-0.4, -0.2) is 79.7 Å². The number of nitrogens with one attached hydrogen (secondary N) is 1. The number of carbonyl (C=O) groups is 2. The fourth-order valence-electron chi connectivity index (χ4n) is 8.52. The molecule has 14 nitrogen and oxygen atoms in total. The van der Waals surface area contributed by atoms with Crippen molar-refractivity contribution in [1.82, 2.24) is 14.6 Å². The van der Waals surface area contributed by atoms with Crippen molar-refractivity contribution in [2.24, 2.45) is 0 Å². The van der Waals surface area contributed by atoms with Gasteiger partial charge in [0.2, 0.25) is 15.9 Å². The summed E-state index contributed by atoms with van der Waals surface area (Å²) in [4.78, 5) is 33.8. The molecule has 3 atom stereocenters. The number of hydrogen-bond acceptors (Lipinski definition) is 11. The number of carboxylic acid groups (broad SMARTS) is 1. The van der Waals surface area contributed by atoms with E-state index in [0.717, 1.165) is 26.6 Å². The minimum absolute atomic E-state index is 0.0643. The minimum Gasteiger partial charge on any atom is -0.489 e. The van der Waals surface area contributed by atoms with Gasteiger partial charge in [-0.15, -0.1) is 0 Å². The van der Waals surface area contributed by atoms with Gasteiger partial charge in [-0.2, -0.15) is 9.57 Å². The fraction of sp³-hybridized carbons (Fsp3) is 0.255. The number of carboxylic acids is 1. The van der Waals surface area contributed by atoms with Crippen LogP contribution in [0.3, 0.4) is 0 Å². The lowest BCUT2D eigenvalue weighted by Crippen LogP contribution is -2.55. The topological polar surface area (TPSA) is 181 Å². The van der Waals surface area contributed by atoms with Crippen molar-refractivity contribution in [2.45, 2.75) is 56.0 Å². The van der Waals surface area contributed by atoms with Crippen molar-refractivity contribution in [3.8, 4) is 34.4 Å². The van der Waals surface area contributed by atoms with Crippen LogP contribution in [0, 0.1) is 18.3 Å². The Hall–Kier alpha value is -6.67. The Bertz CT molecular complexity index is 3020. The summed E-state index contributed by atoms with van der Waals surface area (Å²) in [6.07, 6.45) is -0.635. The first-order chi connectivity index (χ1) is 32.8. The molecule has 348 valence electrons. The number of nitrogens with zero attached hydrogens (tertiary/aromatic N) is 4. The highest BCUT2D eigenvalue weighted by Crippen LogP contribution is 2.42. The van der Waals surface area contributed by atoms with Crippen molar-refractivity contribution >= 4 is 50.9 Å². The van der Waals surface area contributed by atoms with Crippen LogP contribution in [0.5, 0.6) is 17.2 Å². The summed E-state index contributed by atoms with van der Waals surface area (Å²) in [5.41, 5.74) is 6.12. The molecule has 0 saturated carbocycles. The van der Waals surface area contributed by atoms with E-state index in [1.165, 1.54) is 6.07 Å². The van der Waals surface area contributed by atoms with E-state index in [1.807, 2.05) is 59.5 Å². The van der Waals surface area contributed by atoms with E-state index in [2.05, 4.69) is 16.4 Å². The van der Waals surface area contributed by atoms with Gasteiger partial charge in [0, 0.05) is 26.1 Å². The van der Waals surface area contributed by atoms with Gasteiger partial charge in [0.25, 0.3) is 0 Å². The number of ether oxygens (including phenoxy) is 4. The summed E-state index contributed by atoms with van der Waals surface area (Å²) in [5, 5.41) is 23.1. The van der Waals surface area contributed by atoms with Gasteiger partial charge < -0.3 is 34.3 Å². The standard InChI is InChI=1S/C51H45Cl2N5O9S/c1-31-48(16-17-49(55-31)57-18-20-64-21-19-57)68(62,63)58-28-39-26-46-45(66-30-47(67-46)37-11-13-40(14-12-37)65-29-34-6-15-41(52)42(53)22-34)25-38(39)24-44(58)50(59)56-43(51(60)61)23-32-2-7-35(8-3-32)36-9-4-33(27-54)5-10-36/h2-17,22,25-26,43-44,47H,18-21,23-24,28-30H2,1H3,(H,56,59)(H,60,61)/t43-,44?,47+/m0/s1. The number of aliphatic carboxylic acids is 1. The zero-order valence-electron chi connectivity index (χ0n) is 36.7. The fourth-order valence-corrected chi connectivity index (χ4v) is 10.6. The number of aromatic nitrogens is 1. The van der Waals surface area contributed by atoms with E-state index in [9.17, 15) is 23.1 Å². The van der Waals surface area contributed by atoms with Gasteiger partial charge in [0.1, 0.15) is 41.8 Å². The molecule has 1 saturated heterocycles. The van der Waals surface area contributed by atoms with Crippen LogP contribution >= 0.6 is 23.2 Å². The molecule has 1 amide bonds. The first-order valence-electron chi connectivity index (χ1n) is 21.9. The number of morpholine rings is 1. The lowest BCUT2D eigenvalue weighted by molar-refractivity contribution is -0.142. The van der Waals surface area contributed by atoms with E-state index in [1.54, 1.807) is 61.5 Å². The quantitative estimate of drug-likeness (QED) is 0.114. The smallest absolute Gasteiger partial charge is 0.326 e. The molecule has 6 aromatic rings. The maximum absolute atomic E-state index is 14.9. The van der Waals surface area contributed by atoms with Gasteiger partial charge >= 0.3 is 5.97 Å². The maximum Gasteiger partial charge on any atom is 0.326 e. The number of anilines is 1. The Morgan fingerprint density at radius 3 is 2.25 bits per heavy atom. The summed E-state index contributed by atoms with van der Waals surface area (Å²) < 4.78 is 55.1. The highest BCUT2D eigenvalue weighted by Gasteiger charge is 2.42. The molecule has 0 spiro atoms. The normalized spacial score (nSPS) is 17.4. The summed E-state index contributed by atoms with van der Waals surface area (Å²) in [7, 11) is -4.43. The third-order valence-electron chi connectivity index (χ3n) is 12.3. The molecular weight excluding hydrogens is 930 g/mol. The number of fused-ring (bicyclic) bond motifs is 2. The number of sulfonamides is 1. The number of rotatable bonds is 13. The Balaban J connectivity index is 0.959. The highest BCUT2D eigenvalue weighted by molar-refractivity contribution is 7.89.